The van der Waals surface area contributed by atoms with Crippen molar-refractivity contribution in [2.75, 3.05) is 18.5 Å². The number of hydrogen-bond donors (Lipinski definition) is 3. The number of amides is 1. The average molecular weight is 340 g/mol. The van der Waals surface area contributed by atoms with E-state index in [0.29, 0.717) is 6.54 Å². The van der Waals surface area contributed by atoms with Crippen LogP contribution in [0.3, 0.4) is 0 Å². The van der Waals surface area contributed by atoms with Crippen molar-refractivity contribution >= 4 is 11.6 Å². The van der Waals surface area contributed by atoms with Crippen LogP contribution in [0.15, 0.2) is 54.6 Å². The van der Waals surface area contributed by atoms with Gasteiger partial charge < -0.3 is 15.7 Å². The van der Waals surface area contributed by atoms with E-state index in [9.17, 15) is 9.90 Å². The molecule has 4 nitrogen and oxygen atoms in total. The molecule has 0 radical (unpaired) electrons. The minimum absolute atomic E-state index is 0.0146. The molecule has 0 fully saturated rings. The molecule has 0 bridgehead atoms. The quantitative estimate of drug-likeness (QED) is 0.723. The molecule has 1 atom stereocenters. The van der Waals surface area contributed by atoms with Crippen LogP contribution in [-0.4, -0.2) is 24.2 Å². The Balaban J connectivity index is 2.29. The lowest BCUT2D eigenvalue weighted by Gasteiger charge is -2.33. The monoisotopic (exact) mass is 340 g/mol. The molecule has 0 spiro atoms. The topological polar surface area (TPSA) is 61.4 Å². The van der Waals surface area contributed by atoms with E-state index in [0.717, 1.165) is 11.3 Å². The molecule has 0 aliphatic rings. The van der Waals surface area contributed by atoms with Gasteiger partial charge in [0.1, 0.15) is 5.54 Å². The Morgan fingerprint density at radius 1 is 1.00 bits per heavy atom. The van der Waals surface area contributed by atoms with E-state index in [-0.39, 0.29) is 17.9 Å². The maximum absolute atomic E-state index is 13.0. The zero-order valence-corrected chi connectivity index (χ0v) is 15.5. The minimum atomic E-state index is -0.915. The first kappa shape index (κ1) is 19.0. The molecular formula is C21H28N2O2. The molecule has 0 saturated heterocycles. The maximum atomic E-state index is 13.0. The van der Waals surface area contributed by atoms with Crippen LogP contribution in [0.25, 0.3) is 0 Å². The Hall–Kier alpha value is -2.33. The highest BCUT2D eigenvalue weighted by Gasteiger charge is 2.35. The van der Waals surface area contributed by atoms with Gasteiger partial charge in [0.25, 0.3) is 0 Å². The predicted octanol–water partition coefficient (Wildman–Crippen LogP) is 3.46. The molecule has 2 aromatic rings. The molecule has 134 valence electrons. The van der Waals surface area contributed by atoms with Crippen LogP contribution in [0, 0.1) is 12.3 Å². The molecule has 25 heavy (non-hydrogen) atoms. The van der Waals surface area contributed by atoms with E-state index in [1.165, 1.54) is 5.56 Å². The van der Waals surface area contributed by atoms with Gasteiger partial charge in [0, 0.05) is 24.3 Å². The lowest BCUT2D eigenvalue weighted by atomic mass is 9.89. The van der Waals surface area contributed by atoms with Crippen molar-refractivity contribution in [1.29, 1.82) is 0 Å². The lowest BCUT2D eigenvalue weighted by molar-refractivity contribution is -0.125. The molecule has 3 N–H and O–H groups in total. The highest BCUT2D eigenvalue weighted by Crippen LogP contribution is 2.27. The van der Waals surface area contributed by atoms with E-state index in [1.54, 1.807) is 0 Å². The van der Waals surface area contributed by atoms with Gasteiger partial charge >= 0.3 is 0 Å². The summed E-state index contributed by atoms with van der Waals surface area (Å²) in [6, 6.07) is 17.6. The molecule has 4 heteroatoms. The zero-order chi connectivity index (χ0) is 18.5. The number of aliphatic hydroxyl groups is 1. The van der Waals surface area contributed by atoms with Gasteiger partial charge in [-0.2, -0.15) is 0 Å². The number of rotatable bonds is 7. The Labute approximate surface area is 150 Å². The summed E-state index contributed by atoms with van der Waals surface area (Å²) in [6.45, 7) is 8.16. The first-order chi connectivity index (χ1) is 11.8. The molecular weight excluding hydrogens is 312 g/mol. The number of nitrogens with one attached hydrogen (secondary N) is 2. The van der Waals surface area contributed by atoms with Crippen molar-refractivity contribution in [3.63, 3.8) is 0 Å². The number of benzene rings is 2. The van der Waals surface area contributed by atoms with E-state index < -0.39 is 5.54 Å². The van der Waals surface area contributed by atoms with E-state index >= 15 is 0 Å². The third kappa shape index (κ3) is 4.83. The number of hydrogen-bond acceptors (Lipinski definition) is 3. The third-order valence-corrected chi connectivity index (χ3v) is 4.41. The summed E-state index contributed by atoms with van der Waals surface area (Å²) in [5.74, 6) is -0.124. The van der Waals surface area contributed by atoms with Crippen LogP contribution in [0.5, 0.6) is 0 Å². The number of anilines is 1. The van der Waals surface area contributed by atoms with Crippen LogP contribution in [0.2, 0.25) is 0 Å². The van der Waals surface area contributed by atoms with E-state index in [1.807, 2.05) is 82.3 Å². The van der Waals surface area contributed by atoms with Crippen molar-refractivity contribution in [1.82, 2.24) is 5.32 Å². The minimum Gasteiger partial charge on any atom is -0.396 e. The average Bonchev–Trinajstić information content (AvgIpc) is 2.62. The number of aliphatic hydroxyl groups excluding tert-OH is 1. The first-order valence-electron chi connectivity index (χ1n) is 8.56. The van der Waals surface area contributed by atoms with Crippen LogP contribution in [0.1, 0.15) is 31.9 Å². The van der Waals surface area contributed by atoms with Gasteiger partial charge in [-0.1, -0.05) is 61.9 Å². The van der Waals surface area contributed by atoms with Gasteiger partial charge in [-0.3, -0.25) is 4.79 Å². The highest BCUT2D eigenvalue weighted by atomic mass is 16.3. The van der Waals surface area contributed by atoms with Crippen molar-refractivity contribution < 1.29 is 9.90 Å². The second-order valence-electron chi connectivity index (χ2n) is 7.49. The molecule has 2 aromatic carbocycles. The van der Waals surface area contributed by atoms with Crippen molar-refractivity contribution in [3.05, 3.63) is 65.7 Å². The highest BCUT2D eigenvalue weighted by molar-refractivity contribution is 5.90. The van der Waals surface area contributed by atoms with Crippen LogP contribution >= 0.6 is 0 Å². The van der Waals surface area contributed by atoms with Gasteiger partial charge in [-0.15, -0.1) is 0 Å². The zero-order valence-electron chi connectivity index (χ0n) is 15.5. The molecule has 0 aliphatic heterocycles. The fraction of sp³-hybridized carbons (Fsp3) is 0.381. The smallest absolute Gasteiger partial charge is 0.250 e. The summed E-state index contributed by atoms with van der Waals surface area (Å²) in [7, 11) is 0. The van der Waals surface area contributed by atoms with Gasteiger partial charge in [0.15, 0.2) is 0 Å². The molecule has 0 aliphatic carbocycles. The molecule has 0 heterocycles. The second-order valence-corrected chi connectivity index (χ2v) is 7.49. The molecule has 2 rings (SSSR count). The maximum Gasteiger partial charge on any atom is 0.250 e. The summed E-state index contributed by atoms with van der Waals surface area (Å²) in [5, 5.41) is 15.8. The Kier molecular flexibility index (Phi) is 5.85. The van der Waals surface area contributed by atoms with Crippen molar-refractivity contribution in [2.24, 2.45) is 5.41 Å². The molecule has 0 aromatic heterocycles. The summed E-state index contributed by atoms with van der Waals surface area (Å²) in [5.41, 5.74) is 1.66. The van der Waals surface area contributed by atoms with Crippen LogP contribution < -0.4 is 10.6 Å². The van der Waals surface area contributed by atoms with E-state index in [2.05, 4.69) is 10.6 Å². The Morgan fingerprint density at radius 2 is 1.60 bits per heavy atom. The Morgan fingerprint density at radius 3 is 2.16 bits per heavy atom. The standard InChI is InChI=1S/C21H28N2O2/c1-16-10-12-18(13-11-16)23-21(4,17-8-6-5-7-9-17)19(25)22-14-20(2,3)15-24/h5-13,23-24H,14-15H2,1-4H3,(H,22,25)/t21-/m1/s1. The van der Waals surface area contributed by atoms with Crippen LogP contribution in [0.4, 0.5) is 5.69 Å². The normalized spacial score (nSPS) is 13.8. The van der Waals surface area contributed by atoms with E-state index in [4.69, 9.17) is 0 Å². The van der Waals surface area contributed by atoms with Gasteiger partial charge in [0.2, 0.25) is 5.91 Å². The largest absolute Gasteiger partial charge is 0.396 e. The van der Waals surface area contributed by atoms with Crippen molar-refractivity contribution in [3.8, 4) is 0 Å². The fourth-order valence-corrected chi connectivity index (χ4v) is 2.51. The summed E-state index contributed by atoms with van der Waals surface area (Å²) in [6.07, 6.45) is 0. The molecule has 0 saturated carbocycles. The summed E-state index contributed by atoms with van der Waals surface area (Å²) >= 11 is 0. The predicted molar refractivity (Wildman–Crippen MR) is 102 cm³/mol. The third-order valence-electron chi connectivity index (χ3n) is 4.41. The lowest BCUT2D eigenvalue weighted by Crippen LogP contribution is -2.50. The summed E-state index contributed by atoms with van der Waals surface area (Å²) < 4.78 is 0. The van der Waals surface area contributed by atoms with Crippen LogP contribution in [-0.2, 0) is 10.3 Å². The fourth-order valence-electron chi connectivity index (χ4n) is 2.51. The van der Waals surface area contributed by atoms with Gasteiger partial charge in [0.05, 0.1) is 0 Å². The number of carbonyl (C=O) groups is 1. The molecule has 0 unspecified atom stereocenters. The van der Waals surface area contributed by atoms with Gasteiger partial charge in [-0.05, 0) is 31.5 Å². The Bertz CT molecular complexity index is 696. The SMILES string of the molecule is Cc1ccc(N[C@@](C)(C(=O)NCC(C)(C)CO)c2ccccc2)cc1. The number of aryl methyl sites for hydroxylation is 1. The van der Waals surface area contributed by atoms with Crippen molar-refractivity contribution in [2.45, 2.75) is 33.2 Å². The molecule has 1 amide bonds. The first-order valence-corrected chi connectivity index (χ1v) is 8.56. The summed E-state index contributed by atoms with van der Waals surface area (Å²) in [4.78, 5) is 13.0. The van der Waals surface area contributed by atoms with Gasteiger partial charge in [-0.25, -0.2) is 0 Å². The number of carbonyl (C=O) groups excluding carboxylic acids is 1. The second kappa shape index (κ2) is 7.70.